The summed E-state index contributed by atoms with van der Waals surface area (Å²) in [7, 11) is 0. The topological polar surface area (TPSA) is 32.3 Å². The van der Waals surface area contributed by atoms with E-state index in [4.69, 9.17) is 0 Å². The van der Waals surface area contributed by atoms with E-state index in [-0.39, 0.29) is 11.8 Å². The maximum atomic E-state index is 12.8. The van der Waals surface area contributed by atoms with Crippen LogP contribution in [0, 0.1) is 12.8 Å². The standard InChI is InChI=1S/C24H26N2O/c1-18-6-4-7-19(16-18)17-26-14-12-21(13-15-26)24(27)25-23-11-5-9-20-8-2-3-10-22(20)23/h2-11,16,21H,12-15,17H2,1H3,(H,25,27). The van der Waals surface area contributed by atoms with Gasteiger partial charge in [-0.05, 0) is 49.9 Å². The Hall–Kier alpha value is -2.65. The van der Waals surface area contributed by atoms with Crippen molar-refractivity contribution in [2.45, 2.75) is 26.3 Å². The minimum atomic E-state index is 0.0951. The summed E-state index contributed by atoms with van der Waals surface area (Å²) in [5.74, 6) is 0.249. The number of carbonyl (C=O) groups is 1. The third kappa shape index (κ3) is 4.20. The molecule has 0 radical (unpaired) electrons. The van der Waals surface area contributed by atoms with Gasteiger partial charge in [-0.25, -0.2) is 0 Å². The van der Waals surface area contributed by atoms with Crippen LogP contribution in [0.3, 0.4) is 0 Å². The summed E-state index contributed by atoms with van der Waals surface area (Å²) in [4.78, 5) is 15.2. The van der Waals surface area contributed by atoms with E-state index in [9.17, 15) is 4.79 Å². The normalized spacial score (nSPS) is 15.7. The van der Waals surface area contributed by atoms with Crippen LogP contribution in [-0.4, -0.2) is 23.9 Å². The fraction of sp³-hybridized carbons (Fsp3) is 0.292. The van der Waals surface area contributed by atoms with Gasteiger partial charge in [-0.1, -0.05) is 66.2 Å². The molecule has 1 N–H and O–H groups in total. The van der Waals surface area contributed by atoms with Crippen molar-refractivity contribution in [2.24, 2.45) is 5.92 Å². The highest BCUT2D eigenvalue weighted by atomic mass is 16.1. The van der Waals surface area contributed by atoms with E-state index in [0.717, 1.165) is 48.9 Å². The number of nitrogens with one attached hydrogen (secondary N) is 1. The van der Waals surface area contributed by atoms with Crippen LogP contribution in [0.5, 0.6) is 0 Å². The predicted octanol–water partition coefficient (Wildman–Crippen LogP) is 5.00. The molecule has 0 spiro atoms. The minimum Gasteiger partial charge on any atom is -0.325 e. The van der Waals surface area contributed by atoms with Crippen molar-refractivity contribution < 1.29 is 4.79 Å². The molecule has 0 saturated carbocycles. The third-order valence-electron chi connectivity index (χ3n) is 5.49. The smallest absolute Gasteiger partial charge is 0.227 e. The van der Waals surface area contributed by atoms with Crippen LogP contribution in [0.4, 0.5) is 5.69 Å². The summed E-state index contributed by atoms with van der Waals surface area (Å²) in [6.07, 6.45) is 1.84. The van der Waals surface area contributed by atoms with Gasteiger partial charge in [0.25, 0.3) is 0 Å². The zero-order chi connectivity index (χ0) is 18.6. The Labute approximate surface area is 161 Å². The molecular weight excluding hydrogens is 332 g/mol. The molecule has 1 heterocycles. The molecule has 0 aromatic heterocycles. The second-order valence-electron chi connectivity index (χ2n) is 7.56. The summed E-state index contributed by atoms with van der Waals surface area (Å²) in [5.41, 5.74) is 3.57. The average Bonchev–Trinajstić information content (AvgIpc) is 2.69. The van der Waals surface area contributed by atoms with Crippen molar-refractivity contribution in [3.05, 3.63) is 77.9 Å². The van der Waals surface area contributed by atoms with Crippen molar-refractivity contribution in [3.63, 3.8) is 0 Å². The zero-order valence-corrected chi connectivity index (χ0v) is 15.8. The molecule has 3 aromatic rings. The van der Waals surface area contributed by atoms with E-state index < -0.39 is 0 Å². The van der Waals surface area contributed by atoms with Crippen LogP contribution < -0.4 is 5.32 Å². The Balaban J connectivity index is 1.36. The second-order valence-corrected chi connectivity index (χ2v) is 7.56. The SMILES string of the molecule is Cc1cccc(CN2CCC(C(=O)Nc3cccc4ccccc34)CC2)c1. The quantitative estimate of drug-likeness (QED) is 0.712. The Bertz CT molecular complexity index is 937. The number of benzene rings is 3. The first kappa shape index (κ1) is 17.7. The van der Waals surface area contributed by atoms with Crippen LogP contribution in [0.25, 0.3) is 10.8 Å². The Kier molecular flexibility index (Phi) is 5.21. The number of hydrogen-bond donors (Lipinski definition) is 1. The fourth-order valence-corrected chi connectivity index (χ4v) is 3.99. The van der Waals surface area contributed by atoms with Gasteiger partial charge in [0.1, 0.15) is 0 Å². The molecule has 3 heteroatoms. The maximum Gasteiger partial charge on any atom is 0.227 e. The maximum absolute atomic E-state index is 12.8. The second kappa shape index (κ2) is 7.93. The molecule has 0 unspecified atom stereocenters. The van der Waals surface area contributed by atoms with Gasteiger partial charge in [-0.15, -0.1) is 0 Å². The number of anilines is 1. The molecule has 0 bridgehead atoms. The summed E-state index contributed by atoms with van der Waals surface area (Å²) >= 11 is 0. The highest BCUT2D eigenvalue weighted by Crippen LogP contribution is 2.26. The number of amides is 1. The molecule has 4 rings (SSSR count). The van der Waals surface area contributed by atoms with Crippen LogP contribution in [-0.2, 0) is 11.3 Å². The van der Waals surface area contributed by atoms with Gasteiger partial charge >= 0.3 is 0 Å². The molecule has 0 aliphatic carbocycles. The fourth-order valence-electron chi connectivity index (χ4n) is 3.99. The number of hydrogen-bond acceptors (Lipinski definition) is 2. The van der Waals surface area contributed by atoms with Crippen molar-refractivity contribution >= 4 is 22.4 Å². The molecule has 138 valence electrons. The van der Waals surface area contributed by atoms with Crippen molar-refractivity contribution in [1.29, 1.82) is 0 Å². The number of rotatable bonds is 4. The van der Waals surface area contributed by atoms with Gasteiger partial charge in [0.05, 0.1) is 0 Å². The van der Waals surface area contributed by atoms with Gasteiger partial charge in [-0.2, -0.15) is 0 Å². The van der Waals surface area contributed by atoms with Gasteiger partial charge in [0.2, 0.25) is 5.91 Å². The molecule has 0 atom stereocenters. The lowest BCUT2D eigenvalue weighted by molar-refractivity contribution is -0.121. The van der Waals surface area contributed by atoms with Gasteiger partial charge in [0, 0.05) is 23.5 Å². The lowest BCUT2D eigenvalue weighted by atomic mass is 9.95. The molecule has 1 amide bonds. The summed E-state index contributed by atoms with van der Waals surface area (Å²) in [5, 5.41) is 5.43. The molecule has 3 aromatic carbocycles. The molecule has 1 fully saturated rings. The molecule has 27 heavy (non-hydrogen) atoms. The van der Waals surface area contributed by atoms with Gasteiger partial charge < -0.3 is 5.32 Å². The van der Waals surface area contributed by atoms with Crippen LogP contribution in [0.15, 0.2) is 66.7 Å². The molecular formula is C24H26N2O. The van der Waals surface area contributed by atoms with E-state index >= 15 is 0 Å². The first-order chi connectivity index (χ1) is 13.2. The third-order valence-corrected chi connectivity index (χ3v) is 5.49. The van der Waals surface area contributed by atoms with E-state index in [1.165, 1.54) is 11.1 Å². The van der Waals surface area contributed by atoms with Crippen LogP contribution in [0.2, 0.25) is 0 Å². The first-order valence-electron chi connectivity index (χ1n) is 9.75. The lowest BCUT2D eigenvalue weighted by Crippen LogP contribution is -2.37. The minimum absolute atomic E-state index is 0.0951. The number of nitrogens with zero attached hydrogens (tertiary/aromatic N) is 1. The number of carbonyl (C=O) groups excluding carboxylic acids is 1. The highest BCUT2D eigenvalue weighted by molar-refractivity contribution is 6.02. The largest absolute Gasteiger partial charge is 0.325 e. The number of piperidine rings is 1. The summed E-state index contributed by atoms with van der Waals surface area (Å²) in [6, 6.07) is 22.9. The van der Waals surface area contributed by atoms with Crippen molar-refractivity contribution in [1.82, 2.24) is 4.90 Å². The zero-order valence-electron chi connectivity index (χ0n) is 15.8. The van der Waals surface area contributed by atoms with Crippen molar-refractivity contribution in [2.75, 3.05) is 18.4 Å². The summed E-state index contributed by atoms with van der Waals surface area (Å²) < 4.78 is 0. The van der Waals surface area contributed by atoms with Crippen molar-refractivity contribution in [3.8, 4) is 0 Å². The lowest BCUT2D eigenvalue weighted by Gasteiger charge is -2.31. The summed E-state index contributed by atoms with van der Waals surface area (Å²) in [6.45, 7) is 5.05. The molecule has 1 aliphatic heterocycles. The van der Waals surface area contributed by atoms with E-state index in [1.54, 1.807) is 0 Å². The first-order valence-corrected chi connectivity index (χ1v) is 9.75. The van der Waals surface area contributed by atoms with E-state index in [0.29, 0.717) is 0 Å². The average molecular weight is 358 g/mol. The monoisotopic (exact) mass is 358 g/mol. The van der Waals surface area contributed by atoms with E-state index in [2.05, 4.69) is 59.6 Å². The Morgan fingerprint density at radius 3 is 2.56 bits per heavy atom. The highest BCUT2D eigenvalue weighted by Gasteiger charge is 2.25. The predicted molar refractivity (Wildman–Crippen MR) is 112 cm³/mol. The molecule has 1 aliphatic rings. The van der Waals surface area contributed by atoms with Gasteiger partial charge in [-0.3, -0.25) is 9.69 Å². The number of likely N-dealkylation sites (tertiary alicyclic amines) is 1. The van der Waals surface area contributed by atoms with Gasteiger partial charge in [0.15, 0.2) is 0 Å². The molecule has 3 nitrogen and oxygen atoms in total. The van der Waals surface area contributed by atoms with E-state index in [1.807, 2.05) is 24.3 Å². The Morgan fingerprint density at radius 2 is 1.74 bits per heavy atom. The Morgan fingerprint density at radius 1 is 1.00 bits per heavy atom. The molecule has 1 saturated heterocycles. The number of fused-ring (bicyclic) bond motifs is 1. The van der Waals surface area contributed by atoms with Crippen LogP contribution >= 0.6 is 0 Å². The number of aryl methyl sites for hydroxylation is 1. The van der Waals surface area contributed by atoms with Crippen LogP contribution in [0.1, 0.15) is 24.0 Å².